The van der Waals surface area contributed by atoms with Crippen LogP contribution in [0.1, 0.15) is 21.5 Å². The number of methoxy groups -OCH3 is 2. The Kier molecular flexibility index (Phi) is 5.04. The van der Waals surface area contributed by atoms with Gasteiger partial charge in [0.05, 0.1) is 14.2 Å². The van der Waals surface area contributed by atoms with Crippen molar-refractivity contribution in [3.8, 4) is 11.5 Å². The molecule has 1 amide bonds. The van der Waals surface area contributed by atoms with Crippen LogP contribution in [0.25, 0.3) is 0 Å². The van der Waals surface area contributed by atoms with E-state index in [4.69, 9.17) is 9.47 Å². The summed E-state index contributed by atoms with van der Waals surface area (Å²) >= 11 is 0. The number of hydrogen-bond acceptors (Lipinski definition) is 3. The average Bonchev–Trinajstić information content (AvgIpc) is 2.55. The van der Waals surface area contributed by atoms with E-state index in [0.717, 1.165) is 5.56 Å². The van der Waals surface area contributed by atoms with Gasteiger partial charge in [0.2, 0.25) is 0 Å². The molecule has 0 unspecified atom stereocenters. The third-order valence-corrected chi connectivity index (χ3v) is 3.49. The maximum atomic E-state index is 12.6. The van der Waals surface area contributed by atoms with Crippen LogP contribution >= 0.6 is 0 Å². The standard InChI is InChI=1S/C18H21NO3/c1-13-5-7-14(8-6-13)12-19(2)18(20)15-9-16(21-3)11-17(10-15)22-4/h5-11H,12H2,1-4H3. The van der Waals surface area contributed by atoms with Crippen molar-refractivity contribution in [3.05, 3.63) is 59.2 Å². The number of benzene rings is 2. The van der Waals surface area contributed by atoms with Gasteiger partial charge in [-0.05, 0) is 24.6 Å². The van der Waals surface area contributed by atoms with Crippen LogP contribution in [0.15, 0.2) is 42.5 Å². The van der Waals surface area contributed by atoms with E-state index in [1.165, 1.54) is 5.56 Å². The number of amides is 1. The van der Waals surface area contributed by atoms with E-state index < -0.39 is 0 Å². The fraction of sp³-hybridized carbons (Fsp3) is 0.278. The van der Waals surface area contributed by atoms with E-state index >= 15 is 0 Å². The molecule has 0 bridgehead atoms. The monoisotopic (exact) mass is 299 g/mol. The van der Waals surface area contributed by atoms with Gasteiger partial charge in [0.25, 0.3) is 5.91 Å². The molecule has 0 fully saturated rings. The normalized spacial score (nSPS) is 10.2. The molecule has 2 aromatic rings. The summed E-state index contributed by atoms with van der Waals surface area (Å²) in [6, 6.07) is 13.3. The van der Waals surface area contributed by atoms with Gasteiger partial charge in [0.1, 0.15) is 11.5 Å². The molecule has 0 aliphatic heterocycles. The fourth-order valence-corrected chi connectivity index (χ4v) is 2.19. The van der Waals surface area contributed by atoms with E-state index in [0.29, 0.717) is 23.6 Å². The van der Waals surface area contributed by atoms with Gasteiger partial charge in [-0.3, -0.25) is 4.79 Å². The SMILES string of the molecule is COc1cc(OC)cc(C(=O)N(C)Cc2ccc(C)cc2)c1. The molecule has 0 aliphatic rings. The van der Waals surface area contributed by atoms with E-state index in [1.807, 2.05) is 31.2 Å². The highest BCUT2D eigenvalue weighted by molar-refractivity contribution is 5.94. The third kappa shape index (κ3) is 3.79. The van der Waals surface area contributed by atoms with Crippen LogP contribution in [0.4, 0.5) is 0 Å². The summed E-state index contributed by atoms with van der Waals surface area (Å²) in [4.78, 5) is 14.2. The molecule has 0 radical (unpaired) electrons. The van der Waals surface area contributed by atoms with Gasteiger partial charge in [0, 0.05) is 25.2 Å². The number of aryl methyl sites for hydroxylation is 1. The maximum Gasteiger partial charge on any atom is 0.254 e. The Hall–Kier alpha value is -2.49. The second-order valence-electron chi connectivity index (χ2n) is 5.25. The highest BCUT2D eigenvalue weighted by Gasteiger charge is 2.14. The zero-order valence-electron chi connectivity index (χ0n) is 13.4. The Morgan fingerprint density at radius 3 is 2.05 bits per heavy atom. The van der Waals surface area contributed by atoms with Crippen LogP contribution < -0.4 is 9.47 Å². The van der Waals surface area contributed by atoms with Crippen LogP contribution in [-0.4, -0.2) is 32.1 Å². The molecule has 4 nitrogen and oxygen atoms in total. The summed E-state index contributed by atoms with van der Waals surface area (Å²) < 4.78 is 10.4. The van der Waals surface area contributed by atoms with Crippen LogP contribution in [0.5, 0.6) is 11.5 Å². The number of rotatable bonds is 5. The molecule has 0 atom stereocenters. The highest BCUT2D eigenvalue weighted by Crippen LogP contribution is 2.23. The van der Waals surface area contributed by atoms with E-state index in [9.17, 15) is 4.79 Å². The zero-order chi connectivity index (χ0) is 16.1. The smallest absolute Gasteiger partial charge is 0.254 e. The van der Waals surface area contributed by atoms with Crippen LogP contribution in [0.2, 0.25) is 0 Å². The lowest BCUT2D eigenvalue weighted by molar-refractivity contribution is 0.0784. The Morgan fingerprint density at radius 2 is 1.55 bits per heavy atom. The Morgan fingerprint density at radius 1 is 1.00 bits per heavy atom. The molecule has 2 rings (SSSR count). The summed E-state index contributed by atoms with van der Waals surface area (Å²) in [5.74, 6) is 1.13. The Bertz CT molecular complexity index is 628. The lowest BCUT2D eigenvalue weighted by atomic mass is 10.1. The van der Waals surface area contributed by atoms with Crippen molar-refractivity contribution in [1.29, 1.82) is 0 Å². The van der Waals surface area contributed by atoms with Gasteiger partial charge in [-0.2, -0.15) is 0 Å². The number of carbonyl (C=O) groups is 1. The van der Waals surface area contributed by atoms with Gasteiger partial charge in [-0.25, -0.2) is 0 Å². The lowest BCUT2D eigenvalue weighted by Gasteiger charge is -2.18. The van der Waals surface area contributed by atoms with Crippen molar-refractivity contribution in [1.82, 2.24) is 4.90 Å². The van der Waals surface area contributed by atoms with Gasteiger partial charge in [0.15, 0.2) is 0 Å². The fourth-order valence-electron chi connectivity index (χ4n) is 2.19. The first kappa shape index (κ1) is 15.9. The molecule has 0 aromatic heterocycles. The summed E-state index contributed by atoms with van der Waals surface area (Å²) in [7, 11) is 4.92. The molecule has 22 heavy (non-hydrogen) atoms. The van der Waals surface area contributed by atoms with Crippen molar-refractivity contribution in [2.75, 3.05) is 21.3 Å². The number of hydrogen-bond donors (Lipinski definition) is 0. The highest BCUT2D eigenvalue weighted by atomic mass is 16.5. The van der Waals surface area contributed by atoms with Crippen molar-refractivity contribution in [2.45, 2.75) is 13.5 Å². The van der Waals surface area contributed by atoms with E-state index in [2.05, 4.69) is 0 Å². The van der Waals surface area contributed by atoms with Crippen LogP contribution in [0.3, 0.4) is 0 Å². The first-order chi connectivity index (χ1) is 10.5. The van der Waals surface area contributed by atoms with Gasteiger partial charge in [-0.1, -0.05) is 29.8 Å². The molecule has 0 aliphatic carbocycles. The molecular formula is C18H21NO3. The predicted molar refractivity (Wildman–Crippen MR) is 86.5 cm³/mol. The molecule has 116 valence electrons. The van der Waals surface area contributed by atoms with Crippen molar-refractivity contribution < 1.29 is 14.3 Å². The number of nitrogens with zero attached hydrogens (tertiary/aromatic N) is 1. The van der Waals surface area contributed by atoms with E-state index in [1.54, 1.807) is 44.4 Å². The van der Waals surface area contributed by atoms with Crippen molar-refractivity contribution in [2.24, 2.45) is 0 Å². The minimum absolute atomic E-state index is 0.0715. The molecule has 2 aromatic carbocycles. The summed E-state index contributed by atoms with van der Waals surface area (Å²) in [5.41, 5.74) is 2.84. The van der Waals surface area contributed by atoms with Gasteiger partial charge >= 0.3 is 0 Å². The average molecular weight is 299 g/mol. The molecule has 0 saturated heterocycles. The minimum atomic E-state index is -0.0715. The molecule has 0 saturated carbocycles. The summed E-state index contributed by atoms with van der Waals surface area (Å²) in [6.07, 6.45) is 0. The first-order valence-corrected chi connectivity index (χ1v) is 7.07. The number of ether oxygens (including phenoxy) is 2. The van der Waals surface area contributed by atoms with Crippen LogP contribution in [0, 0.1) is 6.92 Å². The second-order valence-corrected chi connectivity index (χ2v) is 5.25. The largest absolute Gasteiger partial charge is 0.497 e. The summed E-state index contributed by atoms with van der Waals surface area (Å²) in [6.45, 7) is 2.60. The number of carbonyl (C=O) groups excluding carboxylic acids is 1. The Labute approximate surface area is 131 Å². The van der Waals surface area contributed by atoms with Crippen LogP contribution in [-0.2, 0) is 6.54 Å². The quantitative estimate of drug-likeness (QED) is 0.850. The zero-order valence-corrected chi connectivity index (χ0v) is 13.4. The Balaban J connectivity index is 2.17. The predicted octanol–water partition coefficient (Wildman–Crippen LogP) is 3.28. The minimum Gasteiger partial charge on any atom is -0.497 e. The molecule has 0 spiro atoms. The summed E-state index contributed by atoms with van der Waals surface area (Å²) in [5, 5.41) is 0. The molecular weight excluding hydrogens is 278 g/mol. The lowest BCUT2D eigenvalue weighted by Crippen LogP contribution is -2.26. The van der Waals surface area contributed by atoms with Crippen molar-refractivity contribution >= 4 is 5.91 Å². The molecule has 4 heteroatoms. The van der Waals surface area contributed by atoms with Gasteiger partial charge < -0.3 is 14.4 Å². The third-order valence-electron chi connectivity index (χ3n) is 3.49. The van der Waals surface area contributed by atoms with Crippen molar-refractivity contribution in [3.63, 3.8) is 0 Å². The van der Waals surface area contributed by atoms with E-state index in [-0.39, 0.29) is 5.91 Å². The topological polar surface area (TPSA) is 38.8 Å². The first-order valence-electron chi connectivity index (χ1n) is 7.07. The molecule has 0 heterocycles. The van der Waals surface area contributed by atoms with Gasteiger partial charge in [-0.15, -0.1) is 0 Å². The molecule has 0 N–H and O–H groups in total. The maximum absolute atomic E-state index is 12.6. The second kappa shape index (κ2) is 6.98.